The fourth-order valence-electron chi connectivity index (χ4n) is 2.68. The highest BCUT2D eigenvalue weighted by molar-refractivity contribution is 5.48. The second-order valence-corrected chi connectivity index (χ2v) is 4.89. The summed E-state index contributed by atoms with van der Waals surface area (Å²) < 4.78 is 7.42. The zero-order valence-electron chi connectivity index (χ0n) is 11.3. The summed E-state index contributed by atoms with van der Waals surface area (Å²) in [7, 11) is 1.88. The van der Waals surface area contributed by atoms with Crippen LogP contribution in [-0.2, 0) is 19.9 Å². The third-order valence-corrected chi connectivity index (χ3v) is 3.61. The Bertz CT molecular complexity index is 604. The standard InChI is InChI=1S/C15H18N2O2/c1-3-13-12(9-17(2)16-13)14(18)11-6-4-5-10-7-8-19-15(10)11/h4-6,9,14,18H,3,7-8H2,1-2H3. The number of aliphatic hydroxyl groups is 1. The number of nitrogens with zero attached hydrogens (tertiary/aromatic N) is 2. The molecule has 1 N–H and O–H groups in total. The quantitative estimate of drug-likeness (QED) is 0.916. The van der Waals surface area contributed by atoms with Gasteiger partial charge in [0.05, 0.1) is 12.3 Å². The predicted molar refractivity (Wildman–Crippen MR) is 72.3 cm³/mol. The number of benzene rings is 1. The van der Waals surface area contributed by atoms with Gasteiger partial charge in [-0.25, -0.2) is 0 Å². The smallest absolute Gasteiger partial charge is 0.128 e. The molecule has 0 fully saturated rings. The van der Waals surface area contributed by atoms with Gasteiger partial charge in [0, 0.05) is 30.8 Å². The van der Waals surface area contributed by atoms with E-state index in [1.165, 1.54) is 5.56 Å². The molecule has 1 atom stereocenters. The van der Waals surface area contributed by atoms with Gasteiger partial charge in [-0.3, -0.25) is 4.68 Å². The van der Waals surface area contributed by atoms with E-state index in [9.17, 15) is 5.11 Å². The lowest BCUT2D eigenvalue weighted by Crippen LogP contribution is -2.03. The van der Waals surface area contributed by atoms with E-state index in [-0.39, 0.29) is 0 Å². The number of rotatable bonds is 3. The zero-order valence-corrected chi connectivity index (χ0v) is 11.3. The summed E-state index contributed by atoms with van der Waals surface area (Å²) in [5, 5.41) is 15.0. The van der Waals surface area contributed by atoms with Crippen molar-refractivity contribution in [2.75, 3.05) is 6.61 Å². The average Bonchev–Trinajstić information content (AvgIpc) is 3.03. The Balaban J connectivity index is 2.04. The molecule has 0 saturated carbocycles. The van der Waals surface area contributed by atoms with Crippen molar-refractivity contribution in [1.29, 1.82) is 0 Å². The van der Waals surface area contributed by atoms with E-state index in [0.717, 1.165) is 35.4 Å². The fourth-order valence-corrected chi connectivity index (χ4v) is 2.68. The molecule has 1 aliphatic rings. The molecule has 2 aromatic rings. The van der Waals surface area contributed by atoms with Crippen LogP contribution in [0.25, 0.3) is 0 Å². The third-order valence-electron chi connectivity index (χ3n) is 3.61. The minimum Gasteiger partial charge on any atom is -0.493 e. The number of para-hydroxylation sites is 1. The number of hydrogen-bond donors (Lipinski definition) is 1. The number of ether oxygens (including phenoxy) is 1. The molecule has 1 aromatic carbocycles. The van der Waals surface area contributed by atoms with Crippen molar-refractivity contribution in [3.63, 3.8) is 0 Å². The first-order valence-corrected chi connectivity index (χ1v) is 6.65. The second kappa shape index (κ2) is 4.70. The molecule has 1 aliphatic heterocycles. The molecule has 0 bridgehead atoms. The molecule has 0 radical (unpaired) electrons. The van der Waals surface area contributed by atoms with Gasteiger partial charge >= 0.3 is 0 Å². The first-order chi connectivity index (χ1) is 9.20. The minimum atomic E-state index is -0.670. The fraction of sp³-hybridized carbons (Fsp3) is 0.400. The summed E-state index contributed by atoms with van der Waals surface area (Å²) in [6, 6.07) is 5.97. The molecular formula is C15H18N2O2. The Labute approximate surface area is 112 Å². The molecule has 19 heavy (non-hydrogen) atoms. The van der Waals surface area contributed by atoms with Crippen LogP contribution in [0.1, 0.15) is 35.4 Å². The second-order valence-electron chi connectivity index (χ2n) is 4.89. The zero-order chi connectivity index (χ0) is 13.4. The number of aromatic nitrogens is 2. The summed E-state index contributed by atoms with van der Waals surface area (Å²) in [5.41, 5.74) is 3.83. The van der Waals surface area contributed by atoms with Crippen molar-refractivity contribution in [2.24, 2.45) is 7.05 Å². The van der Waals surface area contributed by atoms with Crippen molar-refractivity contribution in [2.45, 2.75) is 25.9 Å². The van der Waals surface area contributed by atoms with Crippen LogP contribution < -0.4 is 4.74 Å². The largest absolute Gasteiger partial charge is 0.493 e. The van der Waals surface area contributed by atoms with Gasteiger partial charge in [0.15, 0.2) is 0 Å². The summed E-state index contributed by atoms with van der Waals surface area (Å²) in [6.45, 7) is 2.75. The number of aliphatic hydroxyl groups excluding tert-OH is 1. The lowest BCUT2D eigenvalue weighted by atomic mass is 9.98. The number of aryl methyl sites for hydroxylation is 2. The lowest BCUT2D eigenvalue weighted by Gasteiger charge is -2.14. The first-order valence-electron chi connectivity index (χ1n) is 6.65. The molecule has 3 rings (SSSR count). The molecule has 0 spiro atoms. The van der Waals surface area contributed by atoms with E-state index < -0.39 is 6.10 Å². The maximum atomic E-state index is 10.6. The SMILES string of the molecule is CCc1nn(C)cc1C(O)c1cccc2c1OCC2. The van der Waals surface area contributed by atoms with E-state index >= 15 is 0 Å². The molecule has 1 aromatic heterocycles. The van der Waals surface area contributed by atoms with Crippen molar-refractivity contribution >= 4 is 0 Å². The van der Waals surface area contributed by atoms with Crippen LogP contribution in [-0.4, -0.2) is 21.5 Å². The van der Waals surface area contributed by atoms with Gasteiger partial charge in [0.2, 0.25) is 0 Å². The van der Waals surface area contributed by atoms with Crippen molar-refractivity contribution < 1.29 is 9.84 Å². The molecule has 1 unspecified atom stereocenters. The summed E-state index contributed by atoms with van der Waals surface area (Å²) >= 11 is 0. The maximum absolute atomic E-state index is 10.6. The van der Waals surface area contributed by atoms with Gasteiger partial charge < -0.3 is 9.84 Å². The Hall–Kier alpha value is -1.81. The van der Waals surface area contributed by atoms with E-state index in [1.54, 1.807) is 4.68 Å². The van der Waals surface area contributed by atoms with Crippen LogP contribution in [0.5, 0.6) is 5.75 Å². The monoisotopic (exact) mass is 258 g/mol. The van der Waals surface area contributed by atoms with Gasteiger partial charge in [-0.15, -0.1) is 0 Å². The third kappa shape index (κ3) is 2.02. The van der Waals surface area contributed by atoms with Gasteiger partial charge in [0.1, 0.15) is 11.9 Å². The molecule has 4 nitrogen and oxygen atoms in total. The normalized spacial score (nSPS) is 15.1. The Morgan fingerprint density at radius 3 is 3.05 bits per heavy atom. The van der Waals surface area contributed by atoms with E-state index in [1.807, 2.05) is 32.3 Å². The van der Waals surface area contributed by atoms with Gasteiger partial charge in [-0.1, -0.05) is 25.1 Å². The van der Waals surface area contributed by atoms with Crippen LogP contribution in [0.2, 0.25) is 0 Å². The molecule has 0 amide bonds. The average molecular weight is 258 g/mol. The van der Waals surface area contributed by atoms with E-state index in [2.05, 4.69) is 11.2 Å². The Morgan fingerprint density at radius 1 is 1.42 bits per heavy atom. The highest BCUT2D eigenvalue weighted by Gasteiger charge is 2.24. The highest BCUT2D eigenvalue weighted by atomic mass is 16.5. The highest BCUT2D eigenvalue weighted by Crippen LogP contribution is 2.36. The van der Waals surface area contributed by atoms with Crippen LogP contribution in [0, 0.1) is 0 Å². The topological polar surface area (TPSA) is 47.3 Å². The van der Waals surface area contributed by atoms with Gasteiger partial charge in [-0.2, -0.15) is 5.10 Å². The van der Waals surface area contributed by atoms with Crippen LogP contribution in [0.4, 0.5) is 0 Å². The molecule has 2 heterocycles. The van der Waals surface area contributed by atoms with Crippen LogP contribution >= 0.6 is 0 Å². The first kappa shape index (κ1) is 12.2. The Morgan fingerprint density at radius 2 is 2.26 bits per heavy atom. The molecule has 0 aliphatic carbocycles. The van der Waals surface area contributed by atoms with Crippen molar-refractivity contribution in [3.8, 4) is 5.75 Å². The van der Waals surface area contributed by atoms with Crippen LogP contribution in [0.3, 0.4) is 0 Å². The van der Waals surface area contributed by atoms with E-state index in [0.29, 0.717) is 6.61 Å². The minimum absolute atomic E-state index is 0.670. The Kier molecular flexibility index (Phi) is 3.03. The molecule has 100 valence electrons. The number of hydrogen-bond acceptors (Lipinski definition) is 3. The predicted octanol–water partition coefficient (Wildman–Crippen LogP) is 2.00. The van der Waals surface area contributed by atoms with Crippen molar-refractivity contribution in [1.82, 2.24) is 9.78 Å². The van der Waals surface area contributed by atoms with Crippen LogP contribution in [0.15, 0.2) is 24.4 Å². The van der Waals surface area contributed by atoms with Crippen molar-refractivity contribution in [3.05, 3.63) is 46.8 Å². The maximum Gasteiger partial charge on any atom is 0.128 e. The van der Waals surface area contributed by atoms with Gasteiger partial charge in [-0.05, 0) is 12.0 Å². The molecule has 0 saturated heterocycles. The summed E-state index contributed by atoms with van der Waals surface area (Å²) in [6.07, 6.45) is 2.95. The molecular weight excluding hydrogens is 240 g/mol. The number of fused-ring (bicyclic) bond motifs is 1. The molecule has 4 heteroatoms. The summed E-state index contributed by atoms with van der Waals surface area (Å²) in [4.78, 5) is 0. The van der Waals surface area contributed by atoms with Gasteiger partial charge in [0.25, 0.3) is 0 Å². The van der Waals surface area contributed by atoms with E-state index in [4.69, 9.17) is 4.74 Å². The summed E-state index contributed by atoms with van der Waals surface area (Å²) in [5.74, 6) is 0.848. The lowest BCUT2D eigenvalue weighted by molar-refractivity contribution is 0.212.